The topological polar surface area (TPSA) is 78.8 Å². The van der Waals surface area contributed by atoms with Crippen LogP contribution in [0.4, 0.5) is 5.82 Å². The van der Waals surface area contributed by atoms with Crippen molar-refractivity contribution in [2.75, 3.05) is 12.3 Å². The van der Waals surface area contributed by atoms with Crippen LogP contribution in [0.15, 0.2) is 40.6 Å². The Bertz CT molecular complexity index is 912. The highest BCUT2D eigenvalue weighted by molar-refractivity contribution is 7.99. The SMILES string of the molecule is C[Si](C)(C)CCOCn1ccc2nc(Sc3ccnc(N)c3Cl)cnc21. The molecule has 0 aliphatic carbocycles. The highest BCUT2D eigenvalue weighted by Crippen LogP contribution is 2.34. The summed E-state index contributed by atoms with van der Waals surface area (Å²) in [5, 5.41) is 1.19. The fourth-order valence-electron chi connectivity index (χ4n) is 2.27. The Kier molecular flexibility index (Phi) is 5.86. The lowest BCUT2D eigenvalue weighted by Crippen LogP contribution is -2.22. The summed E-state index contributed by atoms with van der Waals surface area (Å²) < 4.78 is 7.77. The lowest BCUT2D eigenvalue weighted by atomic mass is 10.5. The summed E-state index contributed by atoms with van der Waals surface area (Å²) in [7, 11) is -1.08. The molecular formula is C17H22ClN5OSSi. The van der Waals surface area contributed by atoms with Crippen LogP contribution in [0.3, 0.4) is 0 Å². The van der Waals surface area contributed by atoms with Crippen molar-refractivity contribution >= 4 is 48.4 Å². The molecule has 0 aliphatic rings. The molecule has 0 saturated carbocycles. The van der Waals surface area contributed by atoms with E-state index in [9.17, 15) is 0 Å². The van der Waals surface area contributed by atoms with E-state index in [0.717, 1.165) is 33.7 Å². The molecule has 3 aromatic rings. The highest BCUT2D eigenvalue weighted by Gasteiger charge is 2.13. The minimum absolute atomic E-state index is 0.312. The number of pyridine rings is 1. The summed E-state index contributed by atoms with van der Waals surface area (Å²) >= 11 is 7.61. The number of halogens is 1. The Balaban J connectivity index is 1.70. The maximum atomic E-state index is 6.19. The van der Waals surface area contributed by atoms with Crippen molar-refractivity contribution in [2.45, 2.75) is 42.3 Å². The Labute approximate surface area is 163 Å². The standard InChI is InChI=1S/C17H22ClN5OSSi/c1-26(2,3)9-8-24-11-23-7-5-12-17(23)21-10-14(22-12)25-13-4-6-20-16(19)15(13)18/h4-7,10H,8-9,11H2,1-3H3,(H2,19,20). The smallest absolute Gasteiger partial charge is 0.160 e. The fraction of sp³-hybridized carbons (Fsp3) is 0.353. The first-order valence-corrected chi connectivity index (χ1v) is 13.2. The Morgan fingerprint density at radius 1 is 1.27 bits per heavy atom. The van der Waals surface area contributed by atoms with Crippen LogP contribution in [-0.2, 0) is 11.5 Å². The van der Waals surface area contributed by atoms with Crippen molar-refractivity contribution in [1.29, 1.82) is 0 Å². The number of hydrogen-bond acceptors (Lipinski definition) is 6. The second-order valence-electron chi connectivity index (χ2n) is 7.16. The Hall–Kier alpha value is -1.61. The molecule has 0 amide bonds. The molecule has 0 saturated heterocycles. The van der Waals surface area contributed by atoms with Crippen LogP contribution in [0.5, 0.6) is 0 Å². The van der Waals surface area contributed by atoms with Crippen LogP contribution in [0.25, 0.3) is 11.2 Å². The van der Waals surface area contributed by atoms with Crippen molar-refractivity contribution in [3.63, 3.8) is 0 Å². The molecular weight excluding hydrogens is 386 g/mol. The second-order valence-corrected chi connectivity index (χ2v) is 14.2. The van der Waals surface area contributed by atoms with Gasteiger partial charge in [0, 0.05) is 32.0 Å². The highest BCUT2D eigenvalue weighted by atomic mass is 35.5. The molecule has 26 heavy (non-hydrogen) atoms. The third-order valence-corrected chi connectivity index (χ3v) is 6.94. The van der Waals surface area contributed by atoms with E-state index in [0.29, 0.717) is 17.6 Å². The predicted molar refractivity (Wildman–Crippen MR) is 109 cm³/mol. The van der Waals surface area contributed by atoms with Crippen molar-refractivity contribution < 1.29 is 4.74 Å². The molecule has 6 nitrogen and oxygen atoms in total. The summed E-state index contributed by atoms with van der Waals surface area (Å²) in [6, 6.07) is 4.90. The number of nitrogens with zero attached hydrogens (tertiary/aromatic N) is 4. The molecule has 0 fully saturated rings. The van der Waals surface area contributed by atoms with E-state index in [-0.39, 0.29) is 0 Å². The van der Waals surface area contributed by atoms with E-state index >= 15 is 0 Å². The lowest BCUT2D eigenvalue weighted by Gasteiger charge is -2.15. The molecule has 0 spiro atoms. The van der Waals surface area contributed by atoms with Gasteiger partial charge >= 0.3 is 0 Å². The minimum Gasteiger partial charge on any atom is -0.382 e. The second kappa shape index (κ2) is 7.95. The summed E-state index contributed by atoms with van der Waals surface area (Å²) in [4.78, 5) is 13.9. The molecule has 138 valence electrons. The number of nitrogen functional groups attached to an aromatic ring is 1. The zero-order chi connectivity index (χ0) is 18.7. The molecule has 3 rings (SSSR count). The van der Waals surface area contributed by atoms with Gasteiger partial charge in [0.2, 0.25) is 0 Å². The third kappa shape index (κ3) is 4.76. The quantitative estimate of drug-likeness (QED) is 0.458. The maximum absolute atomic E-state index is 6.19. The average Bonchev–Trinajstić information content (AvgIpc) is 2.97. The molecule has 3 aromatic heterocycles. The van der Waals surface area contributed by atoms with Crippen LogP contribution >= 0.6 is 23.4 Å². The number of nitrogens with two attached hydrogens (primary N) is 1. The van der Waals surface area contributed by atoms with Crippen molar-refractivity contribution in [2.24, 2.45) is 0 Å². The number of aromatic nitrogens is 4. The van der Waals surface area contributed by atoms with Crippen molar-refractivity contribution in [3.8, 4) is 0 Å². The predicted octanol–water partition coefficient (Wildman–Crippen LogP) is 4.53. The van der Waals surface area contributed by atoms with Gasteiger partial charge in [-0.1, -0.05) is 43.0 Å². The van der Waals surface area contributed by atoms with Gasteiger partial charge in [-0.05, 0) is 18.2 Å². The molecule has 0 atom stereocenters. The average molecular weight is 408 g/mol. The summed E-state index contributed by atoms with van der Waals surface area (Å²) in [5.41, 5.74) is 7.37. The first-order chi connectivity index (χ1) is 12.3. The fourth-order valence-corrected chi connectivity index (χ4v) is 4.05. The van der Waals surface area contributed by atoms with E-state index in [2.05, 4.69) is 34.6 Å². The van der Waals surface area contributed by atoms with E-state index in [1.54, 1.807) is 12.4 Å². The largest absolute Gasteiger partial charge is 0.382 e. The van der Waals surface area contributed by atoms with Crippen LogP contribution in [0.2, 0.25) is 30.7 Å². The molecule has 0 bridgehead atoms. The molecule has 0 unspecified atom stereocenters. The molecule has 9 heteroatoms. The van der Waals surface area contributed by atoms with Gasteiger partial charge in [0.25, 0.3) is 0 Å². The van der Waals surface area contributed by atoms with Crippen molar-refractivity contribution in [1.82, 2.24) is 19.5 Å². The van der Waals surface area contributed by atoms with Gasteiger partial charge < -0.3 is 15.0 Å². The van der Waals surface area contributed by atoms with Gasteiger partial charge in [-0.3, -0.25) is 0 Å². The van der Waals surface area contributed by atoms with Crippen LogP contribution in [-0.4, -0.2) is 34.2 Å². The number of anilines is 1. The molecule has 3 heterocycles. The minimum atomic E-state index is -1.08. The molecule has 0 aromatic carbocycles. The molecule has 2 N–H and O–H groups in total. The zero-order valence-corrected chi connectivity index (χ0v) is 17.6. The monoisotopic (exact) mass is 407 g/mol. The molecule has 0 radical (unpaired) electrons. The van der Waals surface area contributed by atoms with Gasteiger partial charge in [0.15, 0.2) is 5.65 Å². The van der Waals surface area contributed by atoms with Gasteiger partial charge in [-0.25, -0.2) is 15.0 Å². The van der Waals surface area contributed by atoms with Gasteiger partial charge in [0.1, 0.15) is 23.1 Å². The Morgan fingerprint density at radius 3 is 2.85 bits per heavy atom. The van der Waals surface area contributed by atoms with Crippen molar-refractivity contribution in [3.05, 3.63) is 35.7 Å². The van der Waals surface area contributed by atoms with E-state index in [1.165, 1.54) is 11.8 Å². The number of ether oxygens (including phenoxy) is 1. The number of hydrogen-bond donors (Lipinski definition) is 1. The lowest BCUT2D eigenvalue weighted by molar-refractivity contribution is 0.0898. The zero-order valence-electron chi connectivity index (χ0n) is 15.1. The van der Waals surface area contributed by atoms with Crippen LogP contribution in [0.1, 0.15) is 0 Å². The maximum Gasteiger partial charge on any atom is 0.160 e. The van der Waals surface area contributed by atoms with E-state index in [1.807, 2.05) is 22.9 Å². The first kappa shape index (κ1) is 19.2. The third-order valence-electron chi connectivity index (χ3n) is 3.76. The van der Waals surface area contributed by atoms with Crippen LogP contribution < -0.4 is 5.73 Å². The summed E-state index contributed by atoms with van der Waals surface area (Å²) in [6.07, 6.45) is 5.31. The number of fused-ring (bicyclic) bond motifs is 1. The van der Waals surface area contributed by atoms with Crippen LogP contribution in [0, 0.1) is 0 Å². The van der Waals surface area contributed by atoms with E-state index < -0.39 is 8.07 Å². The van der Waals surface area contributed by atoms with Gasteiger partial charge in [0.05, 0.1) is 11.2 Å². The molecule has 0 aliphatic heterocycles. The number of rotatable bonds is 7. The summed E-state index contributed by atoms with van der Waals surface area (Å²) in [5.74, 6) is 0.312. The van der Waals surface area contributed by atoms with Gasteiger partial charge in [-0.15, -0.1) is 0 Å². The van der Waals surface area contributed by atoms with E-state index in [4.69, 9.17) is 22.1 Å². The Morgan fingerprint density at radius 2 is 2.08 bits per heavy atom. The van der Waals surface area contributed by atoms with Gasteiger partial charge in [-0.2, -0.15) is 0 Å². The summed E-state index contributed by atoms with van der Waals surface area (Å²) in [6.45, 7) is 8.29. The first-order valence-electron chi connectivity index (χ1n) is 8.31. The normalized spacial score (nSPS) is 12.0.